The van der Waals surface area contributed by atoms with Crippen LogP contribution in [-0.4, -0.2) is 48.7 Å². The number of hydrogen-bond donors (Lipinski definition) is 0. The Morgan fingerprint density at radius 3 is 2.58 bits per heavy atom. The molecule has 1 amide bonds. The van der Waals surface area contributed by atoms with Gasteiger partial charge in [0, 0.05) is 26.1 Å². The molecule has 0 N–H and O–H groups in total. The molecule has 2 heterocycles. The van der Waals surface area contributed by atoms with Crippen LogP contribution in [0.1, 0.15) is 23.4 Å². The van der Waals surface area contributed by atoms with Gasteiger partial charge in [-0.25, -0.2) is 13.4 Å². The summed E-state index contributed by atoms with van der Waals surface area (Å²) < 4.78 is 28.4. The van der Waals surface area contributed by atoms with Crippen molar-refractivity contribution in [1.82, 2.24) is 14.2 Å². The first-order chi connectivity index (χ1) is 14.9. The number of fused-ring (bicyclic) bond motifs is 1. The molecule has 1 aromatic heterocycles. The molecule has 0 radical (unpaired) electrons. The van der Waals surface area contributed by atoms with Crippen molar-refractivity contribution in [2.75, 3.05) is 20.1 Å². The van der Waals surface area contributed by atoms with Gasteiger partial charge in [0.15, 0.2) is 0 Å². The van der Waals surface area contributed by atoms with Crippen LogP contribution in [0.4, 0.5) is 0 Å². The van der Waals surface area contributed by atoms with Gasteiger partial charge in [-0.05, 0) is 37.1 Å². The van der Waals surface area contributed by atoms with E-state index in [4.69, 9.17) is 0 Å². The molecule has 160 valence electrons. The minimum absolute atomic E-state index is 0.00808. The average molecular weight is 455 g/mol. The van der Waals surface area contributed by atoms with E-state index in [0.717, 1.165) is 15.2 Å². The first-order valence-electron chi connectivity index (χ1n) is 9.99. The highest BCUT2D eigenvalue weighted by molar-refractivity contribution is 7.89. The van der Waals surface area contributed by atoms with Crippen molar-refractivity contribution >= 4 is 37.5 Å². The number of amides is 1. The molecule has 0 aliphatic carbocycles. The number of carbonyl (C=O) groups excluding carboxylic acids is 1. The molecular formula is C22H22N4O3S2. The van der Waals surface area contributed by atoms with Crippen molar-refractivity contribution in [3.63, 3.8) is 0 Å². The molecule has 31 heavy (non-hydrogen) atoms. The van der Waals surface area contributed by atoms with Crippen molar-refractivity contribution in [3.8, 4) is 6.07 Å². The van der Waals surface area contributed by atoms with Gasteiger partial charge in [-0.1, -0.05) is 24.3 Å². The number of para-hydroxylation sites is 1. The van der Waals surface area contributed by atoms with Crippen molar-refractivity contribution in [2.24, 2.45) is 5.92 Å². The maximum absolute atomic E-state index is 13.0. The summed E-state index contributed by atoms with van der Waals surface area (Å²) in [5.41, 5.74) is 1.07. The fourth-order valence-electron chi connectivity index (χ4n) is 3.85. The second-order valence-corrected chi connectivity index (χ2v) is 10.6. The summed E-state index contributed by atoms with van der Waals surface area (Å²) in [6.45, 7) is 0.952. The lowest BCUT2D eigenvalue weighted by molar-refractivity contribution is -0.135. The molecule has 1 aliphatic heterocycles. The number of nitrogens with zero attached hydrogens (tertiary/aromatic N) is 4. The standard InChI is InChI=1S/C22H22N4O3S2/c1-25(15-21-24-18-7-3-4-8-19(18)30-21)22(27)16-10-12-26(13-11-16)31(28,29)20-9-5-2-6-17(20)14-23/h2-9,16H,10-13,15H2,1H3. The SMILES string of the molecule is CN(Cc1nc2ccccc2s1)C(=O)C1CCN(S(=O)(=O)c2ccccc2C#N)CC1. The third-order valence-corrected chi connectivity index (χ3v) is 8.49. The normalized spacial score (nSPS) is 15.6. The third-order valence-electron chi connectivity index (χ3n) is 5.52. The Bertz CT molecular complexity index is 1220. The lowest BCUT2D eigenvalue weighted by Gasteiger charge is -2.32. The van der Waals surface area contributed by atoms with E-state index in [1.807, 2.05) is 30.3 Å². The van der Waals surface area contributed by atoms with Crippen molar-refractivity contribution in [1.29, 1.82) is 5.26 Å². The fraction of sp³-hybridized carbons (Fsp3) is 0.318. The number of nitriles is 1. The summed E-state index contributed by atoms with van der Waals surface area (Å²) in [5.74, 6) is -0.217. The van der Waals surface area contributed by atoms with E-state index in [1.165, 1.54) is 16.4 Å². The first kappa shape index (κ1) is 21.4. The maximum Gasteiger partial charge on any atom is 0.244 e. The Hall–Kier alpha value is -2.80. The molecule has 0 saturated carbocycles. The summed E-state index contributed by atoms with van der Waals surface area (Å²) in [7, 11) is -2.00. The van der Waals surface area contributed by atoms with Gasteiger partial charge in [-0.3, -0.25) is 4.79 Å². The van der Waals surface area contributed by atoms with Crippen LogP contribution in [0, 0.1) is 17.2 Å². The van der Waals surface area contributed by atoms with Crippen molar-refractivity contribution in [2.45, 2.75) is 24.3 Å². The van der Waals surface area contributed by atoms with E-state index >= 15 is 0 Å². The van der Waals surface area contributed by atoms with Gasteiger partial charge in [0.1, 0.15) is 11.1 Å². The Labute approximate surface area is 185 Å². The number of piperidine rings is 1. The zero-order chi connectivity index (χ0) is 22.0. The Morgan fingerprint density at radius 1 is 1.19 bits per heavy atom. The quantitative estimate of drug-likeness (QED) is 0.590. The van der Waals surface area contributed by atoms with Gasteiger partial charge >= 0.3 is 0 Å². The van der Waals surface area contributed by atoms with Crippen LogP contribution in [0.2, 0.25) is 0 Å². The first-order valence-corrected chi connectivity index (χ1v) is 12.2. The molecule has 7 nitrogen and oxygen atoms in total. The molecule has 1 aliphatic rings. The van der Waals surface area contributed by atoms with Crippen LogP contribution in [0.25, 0.3) is 10.2 Å². The minimum Gasteiger partial charge on any atom is -0.339 e. The van der Waals surface area contributed by atoms with Crippen LogP contribution in [0.3, 0.4) is 0 Å². The Balaban J connectivity index is 1.39. The van der Waals surface area contributed by atoms with Crippen LogP contribution in [0.5, 0.6) is 0 Å². The van der Waals surface area contributed by atoms with E-state index < -0.39 is 10.0 Å². The van der Waals surface area contributed by atoms with E-state index in [9.17, 15) is 18.5 Å². The number of rotatable bonds is 5. The second kappa shape index (κ2) is 8.75. The van der Waals surface area contributed by atoms with Crippen LogP contribution < -0.4 is 0 Å². The zero-order valence-electron chi connectivity index (χ0n) is 17.1. The number of aromatic nitrogens is 1. The summed E-state index contributed by atoms with van der Waals surface area (Å²) in [6.07, 6.45) is 0.911. The molecule has 4 rings (SSSR count). The second-order valence-electron chi connectivity index (χ2n) is 7.56. The monoisotopic (exact) mass is 454 g/mol. The van der Waals surface area contributed by atoms with Gasteiger partial charge in [0.05, 0.1) is 27.2 Å². The molecule has 1 saturated heterocycles. The molecular weight excluding hydrogens is 432 g/mol. The number of sulfonamides is 1. The van der Waals surface area contributed by atoms with E-state index in [2.05, 4.69) is 4.98 Å². The summed E-state index contributed by atoms with van der Waals surface area (Å²) in [4.78, 5) is 19.2. The summed E-state index contributed by atoms with van der Waals surface area (Å²) in [5, 5.41) is 10.1. The van der Waals surface area contributed by atoms with Crippen LogP contribution in [-0.2, 0) is 21.4 Å². The highest BCUT2D eigenvalue weighted by atomic mass is 32.2. The summed E-state index contributed by atoms with van der Waals surface area (Å²) >= 11 is 1.58. The summed E-state index contributed by atoms with van der Waals surface area (Å²) in [6, 6.07) is 16.0. The zero-order valence-corrected chi connectivity index (χ0v) is 18.7. The van der Waals surface area contributed by atoms with Gasteiger partial charge < -0.3 is 4.90 Å². The number of benzene rings is 2. The van der Waals surface area contributed by atoms with E-state index in [1.54, 1.807) is 35.4 Å². The lowest BCUT2D eigenvalue weighted by Crippen LogP contribution is -2.43. The van der Waals surface area contributed by atoms with E-state index in [0.29, 0.717) is 19.4 Å². The molecule has 9 heteroatoms. The molecule has 1 fully saturated rings. The van der Waals surface area contributed by atoms with Crippen molar-refractivity contribution in [3.05, 3.63) is 59.1 Å². The van der Waals surface area contributed by atoms with Crippen molar-refractivity contribution < 1.29 is 13.2 Å². The fourth-order valence-corrected chi connectivity index (χ4v) is 6.48. The van der Waals surface area contributed by atoms with Gasteiger partial charge in [-0.15, -0.1) is 11.3 Å². The molecule has 0 bridgehead atoms. The minimum atomic E-state index is -3.76. The Morgan fingerprint density at radius 2 is 1.87 bits per heavy atom. The van der Waals surface area contributed by atoms with Crippen LogP contribution >= 0.6 is 11.3 Å². The highest BCUT2D eigenvalue weighted by Gasteiger charge is 2.34. The molecule has 0 unspecified atom stereocenters. The third kappa shape index (κ3) is 4.32. The largest absolute Gasteiger partial charge is 0.339 e. The lowest BCUT2D eigenvalue weighted by atomic mass is 9.97. The molecule has 0 atom stereocenters. The number of thiazole rings is 1. The van der Waals surface area contributed by atoms with E-state index in [-0.39, 0.29) is 35.4 Å². The number of hydrogen-bond acceptors (Lipinski definition) is 6. The van der Waals surface area contributed by atoms with Crippen LogP contribution in [0.15, 0.2) is 53.4 Å². The predicted molar refractivity (Wildman–Crippen MR) is 119 cm³/mol. The highest BCUT2D eigenvalue weighted by Crippen LogP contribution is 2.28. The number of carbonyl (C=O) groups is 1. The van der Waals surface area contributed by atoms with Gasteiger partial charge in [0.25, 0.3) is 0 Å². The maximum atomic E-state index is 13.0. The topological polar surface area (TPSA) is 94.4 Å². The molecule has 3 aromatic rings. The predicted octanol–water partition coefficient (Wildman–Crippen LogP) is 3.23. The Kier molecular flexibility index (Phi) is 6.05. The average Bonchev–Trinajstić information content (AvgIpc) is 3.20. The smallest absolute Gasteiger partial charge is 0.244 e. The van der Waals surface area contributed by atoms with Gasteiger partial charge in [-0.2, -0.15) is 9.57 Å². The molecule has 2 aromatic carbocycles. The molecule has 0 spiro atoms. The van der Waals surface area contributed by atoms with Gasteiger partial charge in [0.2, 0.25) is 15.9 Å².